The predicted molar refractivity (Wildman–Crippen MR) is 66.7 cm³/mol. The molecule has 0 bridgehead atoms. The zero-order valence-electron chi connectivity index (χ0n) is 8.11. The first-order valence-corrected chi connectivity index (χ1v) is 5.88. The summed E-state index contributed by atoms with van der Waals surface area (Å²) in [5.74, 6) is 0.713. The number of halogens is 1. The third-order valence-electron chi connectivity index (χ3n) is 2.25. The largest absolute Gasteiger partial charge is 0.454 e. The molecule has 0 amide bonds. The molecule has 0 fully saturated rings. The molecule has 0 radical (unpaired) electrons. The van der Waals surface area contributed by atoms with E-state index in [9.17, 15) is 0 Å². The Morgan fingerprint density at radius 1 is 1.31 bits per heavy atom. The van der Waals surface area contributed by atoms with Crippen molar-refractivity contribution in [1.82, 2.24) is 4.98 Å². The number of thiazole rings is 1. The summed E-state index contributed by atoms with van der Waals surface area (Å²) in [4.78, 5) is 4.17. The quantitative estimate of drug-likeness (QED) is 0.715. The van der Waals surface area contributed by atoms with Gasteiger partial charge in [-0.1, -0.05) is 11.6 Å². The molecule has 2 aromatic heterocycles. The smallest absolute Gasteiger partial charge is 0.180 e. The lowest BCUT2D eigenvalue weighted by Crippen LogP contribution is -1.81. The van der Waals surface area contributed by atoms with Crippen LogP contribution in [0.15, 0.2) is 34.1 Å². The van der Waals surface area contributed by atoms with Crippen molar-refractivity contribution in [2.75, 3.05) is 5.73 Å². The maximum atomic E-state index is 5.90. The van der Waals surface area contributed by atoms with Crippen LogP contribution in [0.2, 0.25) is 5.02 Å². The summed E-state index contributed by atoms with van der Waals surface area (Å²) in [5, 5.41) is 4.06. The Kier molecular flexibility index (Phi) is 2.12. The minimum Gasteiger partial charge on any atom is -0.454 e. The number of nitrogens with two attached hydrogens (primary N) is 1. The summed E-state index contributed by atoms with van der Waals surface area (Å²) in [6, 6.07) is 7.42. The van der Waals surface area contributed by atoms with E-state index >= 15 is 0 Å². The number of nitrogen functional groups attached to an aromatic ring is 1. The Bertz CT molecular complexity index is 659. The number of benzene rings is 1. The summed E-state index contributed by atoms with van der Waals surface area (Å²) in [6.07, 6.45) is 0. The van der Waals surface area contributed by atoms with E-state index in [0.29, 0.717) is 15.9 Å². The second-order valence-corrected chi connectivity index (χ2v) is 4.69. The molecule has 0 saturated carbocycles. The van der Waals surface area contributed by atoms with Crippen LogP contribution in [0.25, 0.3) is 22.4 Å². The topological polar surface area (TPSA) is 52.0 Å². The number of furan rings is 1. The van der Waals surface area contributed by atoms with Crippen LogP contribution in [0.4, 0.5) is 5.13 Å². The van der Waals surface area contributed by atoms with Crippen molar-refractivity contribution in [1.29, 1.82) is 0 Å². The zero-order valence-corrected chi connectivity index (χ0v) is 9.68. The van der Waals surface area contributed by atoms with Gasteiger partial charge in [0.25, 0.3) is 0 Å². The zero-order chi connectivity index (χ0) is 11.1. The lowest BCUT2D eigenvalue weighted by Gasteiger charge is -1.88. The van der Waals surface area contributed by atoms with Crippen molar-refractivity contribution in [3.05, 3.63) is 34.7 Å². The van der Waals surface area contributed by atoms with Crippen molar-refractivity contribution in [3.8, 4) is 11.5 Å². The lowest BCUT2D eigenvalue weighted by atomic mass is 10.2. The van der Waals surface area contributed by atoms with Crippen LogP contribution < -0.4 is 5.73 Å². The van der Waals surface area contributed by atoms with Gasteiger partial charge in [0, 0.05) is 15.8 Å². The fourth-order valence-corrected chi connectivity index (χ4v) is 2.27. The molecule has 0 aliphatic heterocycles. The average Bonchev–Trinajstić information content (AvgIpc) is 2.83. The Morgan fingerprint density at radius 2 is 2.19 bits per heavy atom. The number of hydrogen-bond acceptors (Lipinski definition) is 4. The Balaban J connectivity index is 2.18. The molecule has 2 heterocycles. The van der Waals surface area contributed by atoms with Gasteiger partial charge in [0.1, 0.15) is 11.3 Å². The highest BCUT2D eigenvalue weighted by atomic mass is 35.5. The van der Waals surface area contributed by atoms with Crippen LogP contribution in [0.3, 0.4) is 0 Å². The van der Waals surface area contributed by atoms with Crippen LogP contribution in [-0.2, 0) is 0 Å². The predicted octanol–water partition coefficient (Wildman–Crippen LogP) is 3.79. The van der Waals surface area contributed by atoms with E-state index in [4.69, 9.17) is 21.8 Å². The van der Waals surface area contributed by atoms with Gasteiger partial charge in [0.15, 0.2) is 10.9 Å². The first kappa shape index (κ1) is 9.69. The van der Waals surface area contributed by atoms with Crippen molar-refractivity contribution in [3.63, 3.8) is 0 Å². The molecule has 3 rings (SSSR count). The van der Waals surface area contributed by atoms with Gasteiger partial charge in [-0.15, -0.1) is 11.3 Å². The molecular weight excluding hydrogens is 244 g/mol. The SMILES string of the molecule is Nc1nc(-c2cc3cc(Cl)ccc3o2)cs1. The van der Waals surface area contributed by atoms with E-state index in [1.807, 2.05) is 23.6 Å². The molecular formula is C11H7ClN2OS. The van der Waals surface area contributed by atoms with Gasteiger partial charge in [0.2, 0.25) is 0 Å². The molecule has 16 heavy (non-hydrogen) atoms. The van der Waals surface area contributed by atoms with Gasteiger partial charge < -0.3 is 10.2 Å². The van der Waals surface area contributed by atoms with Crippen molar-refractivity contribution >= 4 is 39.0 Å². The summed E-state index contributed by atoms with van der Waals surface area (Å²) in [7, 11) is 0. The van der Waals surface area contributed by atoms with E-state index < -0.39 is 0 Å². The number of rotatable bonds is 1. The molecule has 0 saturated heterocycles. The van der Waals surface area contributed by atoms with E-state index in [0.717, 1.165) is 16.7 Å². The fourth-order valence-electron chi connectivity index (χ4n) is 1.54. The minimum absolute atomic E-state index is 0.536. The highest BCUT2D eigenvalue weighted by Crippen LogP contribution is 2.30. The second-order valence-electron chi connectivity index (χ2n) is 3.36. The van der Waals surface area contributed by atoms with Gasteiger partial charge in [-0.25, -0.2) is 4.98 Å². The first-order valence-electron chi connectivity index (χ1n) is 4.63. The molecule has 3 aromatic rings. The average molecular weight is 251 g/mol. The molecule has 0 spiro atoms. The highest BCUT2D eigenvalue weighted by Gasteiger charge is 2.09. The second kappa shape index (κ2) is 3.50. The Morgan fingerprint density at radius 3 is 2.94 bits per heavy atom. The van der Waals surface area contributed by atoms with Crippen LogP contribution >= 0.6 is 22.9 Å². The summed E-state index contributed by atoms with van der Waals surface area (Å²) in [6.45, 7) is 0. The highest BCUT2D eigenvalue weighted by molar-refractivity contribution is 7.13. The maximum Gasteiger partial charge on any atom is 0.180 e. The lowest BCUT2D eigenvalue weighted by molar-refractivity contribution is 0.629. The fraction of sp³-hybridized carbons (Fsp3) is 0. The molecule has 80 valence electrons. The maximum absolute atomic E-state index is 5.90. The summed E-state index contributed by atoms with van der Waals surface area (Å²) >= 11 is 7.30. The summed E-state index contributed by atoms with van der Waals surface area (Å²) < 4.78 is 5.65. The monoisotopic (exact) mass is 250 g/mol. The first-order chi connectivity index (χ1) is 7.72. The van der Waals surface area contributed by atoms with E-state index in [1.54, 1.807) is 6.07 Å². The molecule has 0 aliphatic carbocycles. The van der Waals surface area contributed by atoms with Crippen molar-refractivity contribution in [2.45, 2.75) is 0 Å². The molecule has 0 atom stereocenters. The van der Waals surface area contributed by atoms with Gasteiger partial charge in [0.05, 0.1) is 0 Å². The van der Waals surface area contributed by atoms with Crippen molar-refractivity contribution < 1.29 is 4.42 Å². The molecule has 0 aliphatic rings. The van der Waals surface area contributed by atoms with E-state index in [2.05, 4.69) is 4.98 Å². The number of fused-ring (bicyclic) bond motifs is 1. The number of anilines is 1. The van der Waals surface area contributed by atoms with Gasteiger partial charge in [-0.05, 0) is 24.3 Å². The van der Waals surface area contributed by atoms with Gasteiger partial charge >= 0.3 is 0 Å². The van der Waals surface area contributed by atoms with Gasteiger partial charge in [-0.3, -0.25) is 0 Å². The Hall–Kier alpha value is -1.52. The number of hydrogen-bond donors (Lipinski definition) is 1. The standard InChI is InChI=1S/C11H7ClN2OS/c12-7-1-2-9-6(3-7)4-10(15-9)8-5-16-11(13)14-8/h1-5H,(H2,13,14). The number of nitrogens with zero attached hydrogens (tertiary/aromatic N) is 1. The molecule has 0 unspecified atom stereocenters. The molecule has 2 N–H and O–H groups in total. The number of aromatic nitrogens is 1. The third kappa shape index (κ3) is 1.56. The minimum atomic E-state index is 0.536. The normalized spacial score (nSPS) is 11.1. The van der Waals surface area contributed by atoms with Crippen LogP contribution in [0, 0.1) is 0 Å². The molecule has 5 heteroatoms. The summed E-state index contributed by atoms with van der Waals surface area (Å²) in [5.41, 5.74) is 7.14. The molecule has 1 aromatic carbocycles. The van der Waals surface area contributed by atoms with Crippen LogP contribution in [-0.4, -0.2) is 4.98 Å². The van der Waals surface area contributed by atoms with Crippen LogP contribution in [0.1, 0.15) is 0 Å². The molecule has 3 nitrogen and oxygen atoms in total. The van der Waals surface area contributed by atoms with Crippen LogP contribution in [0.5, 0.6) is 0 Å². The van der Waals surface area contributed by atoms with E-state index in [1.165, 1.54) is 11.3 Å². The van der Waals surface area contributed by atoms with E-state index in [-0.39, 0.29) is 0 Å². The Labute approximate surface area is 100 Å². The van der Waals surface area contributed by atoms with Crippen molar-refractivity contribution in [2.24, 2.45) is 0 Å². The third-order valence-corrected chi connectivity index (χ3v) is 3.16. The van der Waals surface area contributed by atoms with Gasteiger partial charge in [-0.2, -0.15) is 0 Å².